The van der Waals surface area contributed by atoms with Crippen LogP contribution in [0.25, 0.3) is 0 Å². The Kier molecular flexibility index (Phi) is 10.2. The number of carbonyl (C=O) groups excluding carboxylic acids is 5. The van der Waals surface area contributed by atoms with Gasteiger partial charge in [-0.1, -0.05) is 30.3 Å². The molecule has 2 amide bonds. The van der Waals surface area contributed by atoms with Crippen LogP contribution in [0.2, 0.25) is 0 Å². The van der Waals surface area contributed by atoms with E-state index in [0.717, 1.165) is 0 Å². The molecule has 0 aliphatic carbocycles. The second-order valence-corrected chi connectivity index (χ2v) is 12.7. The molecule has 4 atom stereocenters. The number of hydrogen-bond donors (Lipinski definition) is 2. The third kappa shape index (κ3) is 8.32. The summed E-state index contributed by atoms with van der Waals surface area (Å²) in [6.45, 7) is 9.76. The van der Waals surface area contributed by atoms with Crippen LogP contribution in [0, 0.1) is 0 Å². The summed E-state index contributed by atoms with van der Waals surface area (Å²) in [5, 5.41) is 12.6. The minimum absolute atomic E-state index is 0.00757. The Morgan fingerprint density at radius 1 is 1.02 bits per heavy atom. The van der Waals surface area contributed by atoms with E-state index in [1.165, 1.54) is 16.7 Å². The van der Waals surface area contributed by atoms with Gasteiger partial charge in [0.15, 0.2) is 12.0 Å². The summed E-state index contributed by atoms with van der Waals surface area (Å²) in [6.07, 6.45) is 0.247. The summed E-state index contributed by atoms with van der Waals surface area (Å²) < 4.78 is 16.3. The van der Waals surface area contributed by atoms with Crippen LogP contribution in [0.4, 0.5) is 0 Å². The molecule has 2 aliphatic heterocycles. The van der Waals surface area contributed by atoms with Gasteiger partial charge in [0.2, 0.25) is 11.8 Å². The second kappa shape index (κ2) is 13.1. The van der Waals surface area contributed by atoms with Gasteiger partial charge in [-0.05, 0) is 58.9 Å². The van der Waals surface area contributed by atoms with Gasteiger partial charge in [0, 0.05) is 18.6 Å². The van der Waals surface area contributed by atoms with Crippen LogP contribution in [0.15, 0.2) is 41.3 Å². The fourth-order valence-electron chi connectivity index (χ4n) is 4.27. The molecule has 1 aromatic carbocycles. The zero-order valence-corrected chi connectivity index (χ0v) is 25.0. The summed E-state index contributed by atoms with van der Waals surface area (Å²) in [4.78, 5) is 66.5. The van der Waals surface area contributed by atoms with Crippen molar-refractivity contribution in [3.05, 3.63) is 46.9 Å². The van der Waals surface area contributed by atoms with Crippen LogP contribution >= 0.6 is 11.8 Å². The molecule has 224 valence electrons. The van der Waals surface area contributed by atoms with Crippen molar-refractivity contribution in [3.63, 3.8) is 0 Å². The van der Waals surface area contributed by atoms with Gasteiger partial charge < -0.3 is 29.5 Å². The van der Waals surface area contributed by atoms with Crippen molar-refractivity contribution < 1.29 is 43.3 Å². The number of nitrogens with one attached hydrogen (secondary N) is 1. The molecular formula is C29H38N2O9S. The zero-order valence-electron chi connectivity index (χ0n) is 24.2. The third-order valence-electron chi connectivity index (χ3n) is 5.97. The number of hydrogen-bond acceptors (Lipinski definition) is 10. The van der Waals surface area contributed by atoms with Gasteiger partial charge in [0.25, 0.3) is 0 Å². The van der Waals surface area contributed by atoms with Crippen molar-refractivity contribution >= 4 is 41.5 Å². The molecule has 3 unspecified atom stereocenters. The Labute approximate surface area is 243 Å². The molecule has 0 aromatic heterocycles. The van der Waals surface area contributed by atoms with Crippen LogP contribution < -0.4 is 5.32 Å². The molecule has 1 saturated heterocycles. The number of rotatable bonds is 10. The number of esters is 3. The average Bonchev–Trinajstić information content (AvgIpc) is 2.87. The molecule has 2 N–H and O–H groups in total. The van der Waals surface area contributed by atoms with Crippen molar-refractivity contribution in [2.45, 2.75) is 89.0 Å². The topological polar surface area (TPSA) is 149 Å². The number of nitrogens with zero attached hydrogens (tertiary/aromatic N) is 1. The number of carbonyl (C=O) groups is 5. The second-order valence-electron chi connectivity index (χ2n) is 11.8. The Balaban J connectivity index is 1.82. The molecule has 1 aromatic rings. The Hall–Kier alpha value is -3.38. The molecule has 0 radical (unpaired) electrons. The highest BCUT2D eigenvalue weighted by molar-refractivity contribution is 8.03. The fraction of sp³-hybridized carbons (Fsp3) is 0.552. The number of aliphatic hydroxyl groups excluding tert-OH is 1. The summed E-state index contributed by atoms with van der Waals surface area (Å²) in [6, 6.07) is 6.23. The van der Waals surface area contributed by atoms with Crippen molar-refractivity contribution in [1.82, 2.24) is 10.2 Å². The van der Waals surface area contributed by atoms with Gasteiger partial charge in [-0.25, -0.2) is 4.79 Å². The van der Waals surface area contributed by atoms with E-state index in [4.69, 9.17) is 19.3 Å². The third-order valence-corrected chi connectivity index (χ3v) is 7.19. The van der Waals surface area contributed by atoms with E-state index in [2.05, 4.69) is 5.32 Å². The predicted octanol–water partition coefficient (Wildman–Crippen LogP) is 2.42. The molecule has 0 bridgehead atoms. The van der Waals surface area contributed by atoms with E-state index in [9.17, 15) is 24.0 Å². The summed E-state index contributed by atoms with van der Waals surface area (Å²) >= 11 is 1.18. The van der Waals surface area contributed by atoms with Crippen molar-refractivity contribution in [1.29, 1.82) is 0 Å². The Bertz CT molecular complexity index is 1190. The van der Waals surface area contributed by atoms with Gasteiger partial charge in [0.1, 0.15) is 29.2 Å². The molecule has 0 saturated carbocycles. The maximum atomic E-state index is 13.5. The number of β-lactam (4-membered cyclic amide) rings is 1. The molecule has 0 spiro atoms. The van der Waals surface area contributed by atoms with Gasteiger partial charge in [-0.3, -0.25) is 19.2 Å². The van der Waals surface area contributed by atoms with E-state index in [0.29, 0.717) is 11.1 Å². The van der Waals surface area contributed by atoms with Crippen molar-refractivity contribution in [2.75, 3.05) is 13.2 Å². The molecule has 2 aliphatic rings. The Morgan fingerprint density at radius 3 is 2.24 bits per heavy atom. The number of benzene rings is 1. The molecule has 1 fully saturated rings. The van der Waals surface area contributed by atoms with Gasteiger partial charge in [0.05, 0.1) is 0 Å². The highest BCUT2D eigenvalue weighted by atomic mass is 32.2. The minimum atomic E-state index is -1.31. The van der Waals surface area contributed by atoms with Crippen LogP contribution in [-0.2, 0) is 38.2 Å². The molecule has 41 heavy (non-hydrogen) atoms. The van der Waals surface area contributed by atoms with Crippen molar-refractivity contribution in [2.24, 2.45) is 0 Å². The average molecular weight is 591 g/mol. The van der Waals surface area contributed by atoms with Gasteiger partial charge in [-0.15, -0.1) is 11.8 Å². The molecule has 12 heteroatoms. The molecular weight excluding hydrogens is 552 g/mol. The van der Waals surface area contributed by atoms with Crippen LogP contribution in [0.5, 0.6) is 0 Å². The highest BCUT2D eigenvalue weighted by Crippen LogP contribution is 2.41. The monoisotopic (exact) mass is 590 g/mol. The lowest BCUT2D eigenvalue weighted by Gasteiger charge is -2.52. The Morgan fingerprint density at radius 2 is 1.66 bits per heavy atom. The lowest BCUT2D eigenvalue weighted by atomic mass is 9.95. The maximum absolute atomic E-state index is 13.5. The van der Waals surface area contributed by atoms with E-state index >= 15 is 0 Å². The van der Waals surface area contributed by atoms with Crippen molar-refractivity contribution in [3.8, 4) is 0 Å². The van der Waals surface area contributed by atoms with E-state index in [1.54, 1.807) is 77.3 Å². The predicted molar refractivity (Wildman–Crippen MR) is 150 cm³/mol. The number of aliphatic hydroxyl groups is 1. The highest BCUT2D eigenvalue weighted by Gasteiger charge is 2.57. The van der Waals surface area contributed by atoms with Crippen LogP contribution in [0.3, 0.4) is 0 Å². The SMILES string of the molecule is CC(C)(C)OC(=O)C(C(=O)NC1C(=O)N2C(C(=O)OC(C)(C)C)C(COC(=O)CCCO)=CS[C@H]12)c1ccccc1. The first-order valence-corrected chi connectivity index (χ1v) is 14.3. The van der Waals surface area contributed by atoms with E-state index in [1.807, 2.05) is 0 Å². The summed E-state index contributed by atoms with van der Waals surface area (Å²) in [5.41, 5.74) is -0.920. The maximum Gasteiger partial charge on any atom is 0.333 e. The molecule has 2 heterocycles. The standard InChI is InChI=1S/C29H38N2O9S/c1-28(2,3)39-26(36)20(17-11-8-7-9-12-17)23(34)30-21-24(35)31-22(27(37)40-29(4,5)6)18(16-41-25(21)31)15-38-19(33)13-10-14-32/h7-9,11-12,16,20-22,25,32H,10,13-15H2,1-6H3,(H,30,34)/t20?,21?,22?,25-/m1/s1. The zero-order chi connectivity index (χ0) is 30.5. The van der Waals surface area contributed by atoms with E-state index in [-0.39, 0.29) is 26.1 Å². The van der Waals surface area contributed by atoms with Gasteiger partial charge in [-0.2, -0.15) is 0 Å². The lowest BCUT2D eigenvalue weighted by Crippen LogP contribution is -2.74. The first-order chi connectivity index (χ1) is 19.1. The smallest absolute Gasteiger partial charge is 0.333 e. The lowest BCUT2D eigenvalue weighted by molar-refractivity contribution is -0.171. The number of thioether (sulfide) groups is 1. The quantitative estimate of drug-likeness (QED) is 0.180. The fourth-order valence-corrected chi connectivity index (χ4v) is 5.48. The largest absolute Gasteiger partial charge is 0.461 e. The molecule has 11 nitrogen and oxygen atoms in total. The van der Waals surface area contributed by atoms with E-state index < -0.39 is 64.3 Å². The minimum Gasteiger partial charge on any atom is -0.461 e. The molecule has 3 rings (SSSR count). The summed E-state index contributed by atoms with van der Waals surface area (Å²) in [5.74, 6) is -4.56. The van der Waals surface area contributed by atoms with Crippen LogP contribution in [-0.4, -0.2) is 81.6 Å². The first kappa shape index (κ1) is 32.1. The number of amides is 2. The number of fused-ring (bicyclic) bond motifs is 1. The van der Waals surface area contributed by atoms with Crippen LogP contribution in [0.1, 0.15) is 65.9 Å². The first-order valence-electron chi connectivity index (χ1n) is 13.4. The summed E-state index contributed by atoms with van der Waals surface area (Å²) in [7, 11) is 0. The normalized spacial score (nSPS) is 21.0. The number of ether oxygens (including phenoxy) is 3. The van der Waals surface area contributed by atoms with Gasteiger partial charge >= 0.3 is 17.9 Å².